The van der Waals surface area contributed by atoms with Gasteiger partial charge >= 0.3 is 6.18 Å². The van der Waals surface area contributed by atoms with Gasteiger partial charge in [-0.05, 0) is 25.8 Å². The molecule has 2 fully saturated rings. The summed E-state index contributed by atoms with van der Waals surface area (Å²) in [4.78, 5) is 13.6. The second kappa shape index (κ2) is 6.76. The van der Waals surface area contributed by atoms with Crippen LogP contribution in [0.25, 0.3) is 0 Å². The molecular formula is C11H18ClF3N2O2. The van der Waals surface area contributed by atoms with Crippen LogP contribution >= 0.6 is 12.4 Å². The lowest BCUT2D eigenvalue weighted by atomic mass is 10.1. The Hall–Kier alpha value is -0.530. The number of alkyl halides is 3. The summed E-state index contributed by atoms with van der Waals surface area (Å²) in [6.07, 6.45) is -1.65. The Bertz CT molecular complexity index is 301. The molecule has 0 spiro atoms. The van der Waals surface area contributed by atoms with Crippen LogP contribution in [-0.4, -0.2) is 55.4 Å². The summed E-state index contributed by atoms with van der Waals surface area (Å²) in [6, 6.07) is 0.270. The Kier molecular flexibility index (Phi) is 5.88. The lowest BCUT2D eigenvalue weighted by Gasteiger charge is -2.27. The van der Waals surface area contributed by atoms with E-state index >= 15 is 0 Å². The number of fused-ring (bicyclic) bond motifs is 2. The third-order valence-electron chi connectivity index (χ3n) is 3.43. The molecule has 0 aromatic heterocycles. The van der Waals surface area contributed by atoms with E-state index in [1.807, 2.05) is 0 Å². The molecular weight excluding hydrogens is 285 g/mol. The highest BCUT2D eigenvalue weighted by atomic mass is 35.5. The molecule has 2 heterocycles. The molecule has 2 rings (SSSR count). The first-order chi connectivity index (χ1) is 8.47. The quantitative estimate of drug-likeness (QED) is 0.855. The number of rotatable bonds is 3. The zero-order chi connectivity index (χ0) is 13.2. The Labute approximate surface area is 116 Å². The first kappa shape index (κ1) is 16.5. The summed E-state index contributed by atoms with van der Waals surface area (Å²) in [6.45, 7) is -0.261. The van der Waals surface area contributed by atoms with Gasteiger partial charge in [-0.2, -0.15) is 13.2 Å². The highest BCUT2D eigenvalue weighted by Gasteiger charge is 2.38. The van der Waals surface area contributed by atoms with Crippen molar-refractivity contribution in [2.45, 2.75) is 37.5 Å². The van der Waals surface area contributed by atoms with Gasteiger partial charge in [0.25, 0.3) is 0 Å². The molecule has 4 nitrogen and oxygen atoms in total. The van der Waals surface area contributed by atoms with Crippen molar-refractivity contribution in [2.75, 3.05) is 26.3 Å². The minimum atomic E-state index is -4.38. The van der Waals surface area contributed by atoms with Crippen LogP contribution in [0.15, 0.2) is 0 Å². The second-order valence-corrected chi connectivity index (χ2v) is 4.79. The molecule has 1 amide bonds. The van der Waals surface area contributed by atoms with Crippen molar-refractivity contribution in [3.05, 3.63) is 0 Å². The van der Waals surface area contributed by atoms with Crippen molar-refractivity contribution in [2.24, 2.45) is 0 Å². The number of carbonyl (C=O) groups excluding carboxylic acids is 1. The first-order valence-electron chi connectivity index (χ1n) is 6.14. The van der Waals surface area contributed by atoms with Gasteiger partial charge in [-0.15, -0.1) is 12.4 Å². The van der Waals surface area contributed by atoms with Gasteiger partial charge in [0.15, 0.2) is 0 Å². The molecule has 112 valence electrons. The lowest BCUT2D eigenvalue weighted by Crippen LogP contribution is -2.44. The normalized spacial score (nSPS) is 26.8. The van der Waals surface area contributed by atoms with Crippen molar-refractivity contribution in [1.29, 1.82) is 0 Å². The molecule has 2 unspecified atom stereocenters. The predicted octanol–water partition coefficient (Wildman–Crippen LogP) is 1.34. The van der Waals surface area contributed by atoms with Gasteiger partial charge in [-0.25, -0.2) is 0 Å². The van der Waals surface area contributed by atoms with E-state index in [1.54, 1.807) is 4.90 Å². The van der Waals surface area contributed by atoms with Crippen LogP contribution in [-0.2, 0) is 9.53 Å². The second-order valence-electron chi connectivity index (χ2n) is 4.79. The number of ether oxygens (including phenoxy) is 1. The van der Waals surface area contributed by atoms with E-state index in [9.17, 15) is 18.0 Å². The average molecular weight is 303 g/mol. The maximum atomic E-state index is 11.9. The van der Waals surface area contributed by atoms with E-state index in [0.717, 1.165) is 32.4 Å². The van der Waals surface area contributed by atoms with Crippen LogP contribution in [0.3, 0.4) is 0 Å². The SMILES string of the molecule is Cl.O=C(COCC(F)(F)F)N1C2CCNCC1CC2. The van der Waals surface area contributed by atoms with Gasteiger partial charge in [0.2, 0.25) is 5.91 Å². The Morgan fingerprint density at radius 3 is 2.63 bits per heavy atom. The average Bonchev–Trinajstić information content (AvgIpc) is 2.50. The van der Waals surface area contributed by atoms with Gasteiger partial charge < -0.3 is 15.0 Å². The van der Waals surface area contributed by atoms with Crippen LogP contribution in [0, 0.1) is 0 Å². The largest absolute Gasteiger partial charge is 0.411 e. The number of halogens is 4. The third-order valence-corrected chi connectivity index (χ3v) is 3.43. The van der Waals surface area contributed by atoms with E-state index in [-0.39, 0.29) is 30.4 Å². The zero-order valence-electron chi connectivity index (χ0n) is 10.4. The molecule has 1 N–H and O–H groups in total. The van der Waals surface area contributed by atoms with Gasteiger partial charge in [0, 0.05) is 18.6 Å². The first-order valence-corrected chi connectivity index (χ1v) is 6.14. The van der Waals surface area contributed by atoms with E-state index in [1.165, 1.54) is 0 Å². The van der Waals surface area contributed by atoms with E-state index < -0.39 is 19.4 Å². The minimum absolute atomic E-state index is 0. The number of nitrogens with zero attached hydrogens (tertiary/aromatic N) is 1. The molecule has 0 aromatic rings. The Morgan fingerprint density at radius 2 is 1.95 bits per heavy atom. The molecule has 0 aromatic carbocycles. The van der Waals surface area contributed by atoms with Crippen molar-refractivity contribution < 1.29 is 22.7 Å². The van der Waals surface area contributed by atoms with Crippen molar-refractivity contribution in [3.63, 3.8) is 0 Å². The molecule has 2 saturated heterocycles. The number of hydrogen-bond acceptors (Lipinski definition) is 3. The molecule has 0 aliphatic carbocycles. The standard InChI is InChI=1S/C11H17F3N2O2.ClH/c12-11(13,14)7-18-6-10(17)16-8-1-2-9(16)5-15-4-3-8;/h8-9,15H,1-7H2;1H. The fourth-order valence-corrected chi connectivity index (χ4v) is 2.72. The van der Waals surface area contributed by atoms with E-state index in [2.05, 4.69) is 10.1 Å². The van der Waals surface area contributed by atoms with Crippen molar-refractivity contribution in [3.8, 4) is 0 Å². The van der Waals surface area contributed by atoms with E-state index in [4.69, 9.17) is 0 Å². The minimum Gasteiger partial charge on any atom is -0.362 e. The predicted molar refractivity (Wildman–Crippen MR) is 65.3 cm³/mol. The fraction of sp³-hybridized carbons (Fsp3) is 0.909. The molecule has 19 heavy (non-hydrogen) atoms. The molecule has 2 aliphatic rings. The lowest BCUT2D eigenvalue weighted by molar-refractivity contribution is -0.178. The number of nitrogens with one attached hydrogen (secondary N) is 1. The smallest absolute Gasteiger partial charge is 0.362 e. The van der Waals surface area contributed by atoms with Gasteiger partial charge in [0.1, 0.15) is 13.2 Å². The van der Waals surface area contributed by atoms with Gasteiger partial charge in [-0.1, -0.05) is 0 Å². The number of amides is 1. The summed E-state index contributed by atoms with van der Waals surface area (Å²) < 4.78 is 40.2. The third kappa shape index (κ3) is 4.50. The molecule has 8 heteroatoms. The molecule has 0 radical (unpaired) electrons. The summed E-state index contributed by atoms with van der Waals surface area (Å²) in [5.41, 5.74) is 0. The maximum Gasteiger partial charge on any atom is 0.411 e. The summed E-state index contributed by atoms with van der Waals surface area (Å²) >= 11 is 0. The van der Waals surface area contributed by atoms with Crippen molar-refractivity contribution in [1.82, 2.24) is 10.2 Å². The van der Waals surface area contributed by atoms with Crippen molar-refractivity contribution >= 4 is 18.3 Å². The Balaban J connectivity index is 0.00000180. The summed E-state index contributed by atoms with van der Waals surface area (Å²) in [7, 11) is 0. The number of hydrogen-bond donors (Lipinski definition) is 1. The van der Waals surface area contributed by atoms with Gasteiger partial charge in [0.05, 0.1) is 0 Å². The van der Waals surface area contributed by atoms with Crippen LogP contribution in [0.2, 0.25) is 0 Å². The zero-order valence-corrected chi connectivity index (χ0v) is 11.2. The maximum absolute atomic E-state index is 11.9. The van der Waals surface area contributed by atoms with E-state index in [0.29, 0.717) is 0 Å². The van der Waals surface area contributed by atoms with Crippen LogP contribution in [0.4, 0.5) is 13.2 Å². The molecule has 2 aliphatic heterocycles. The molecule has 2 bridgehead atoms. The molecule has 2 atom stereocenters. The topological polar surface area (TPSA) is 41.6 Å². The molecule has 0 saturated carbocycles. The highest BCUT2D eigenvalue weighted by Crippen LogP contribution is 2.28. The van der Waals surface area contributed by atoms with Crippen LogP contribution < -0.4 is 5.32 Å². The fourth-order valence-electron chi connectivity index (χ4n) is 2.72. The van der Waals surface area contributed by atoms with Crippen LogP contribution in [0.5, 0.6) is 0 Å². The monoisotopic (exact) mass is 302 g/mol. The Morgan fingerprint density at radius 1 is 1.26 bits per heavy atom. The highest BCUT2D eigenvalue weighted by molar-refractivity contribution is 5.85. The summed E-state index contributed by atoms with van der Waals surface area (Å²) in [5.74, 6) is -0.324. The van der Waals surface area contributed by atoms with Crippen LogP contribution in [0.1, 0.15) is 19.3 Å². The van der Waals surface area contributed by atoms with Gasteiger partial charge in [-0.3, -0.25) is 4.79 Å². The summed E-state index contributed by atoms with van der Waals surface area (Å²) in [5, 5.41) is 3.23. The number of carbonyl (C=O) groups is 1.